The SMILES string of the molecule is [CH2]CCCc1cccc2[nH]ccc12. The normalized spacial score (nSPS) is 10.8. The molecule has 2 rings (SSSR count). The van der Waals surface area contributed by atoms with Crippen LogP contribution in [0.4, 0.5) is 0 Å². The molecule has 1 aromatic heterocycles. The quantitative estimate of drug-likeness (QED) is 0.731. The van der Waals surface area contributed by atoms with E-state index in [1.165, 1.54) is 22.9 Å². The number of aromatic nitrogens is 1. The zero-order chi connectivity index (χ0) is 9.10. The molecule has 0 bridgehead atoms. The van der Waals surface area contributed by atoms with Crippen molar-refractivity contribution in [3.8, 4) is 0 Å². The molecule has 0 fully saturated rings. The minimum Gasteiger partial charge on any atom is -0.361 e. The van der Waals surface area contributed by atoms with E-state index >= 15 is 0 Å². The van der Waals surface area contributed by atoms with Crippen LogP contribution in [-0.4, -0.2) is 4.98 Å². The Morgan fingerprint density at radius 2 is 2.15 bits per heavy atom. The molecule has 67 valence electrons. The number of nitrogens with one attached hydrogen (secondary N) is 1. The fraction of sp³-hybridized carbons (Fsp3) is 0.250. The first kappa shape index (κ1) is 8.36. The van der Waals surface area contributed by atoms with Crippen molar-refractivity contribution in [2.45, 2.75) is 19.3 Å². The molecule has 0 aliphatic rings. The molecule has 0 saturated carbocycles. The highest BCUT2D eigenvalue weighted by Crippen LogP contribution is 2.18. The summed E-state index contributed by atoms with van der Waals surface area (Å²) >= 11 is 0. The van der Waals surface area contributed by atoms with Crippen LogP contribution < -0.4 is 0 Å². The van der Waals surface area contributed by atoms with Crippen molar-refractivity contribution in [3.63, 3.8) is 0 Å². The van der Waals surface area contributed by atoms with Gasteiger partial charge in [0, 0.05) is 17.1 Å². The van der Waals surface area contributed by atoms with Gasteiger partial charge >= 0.3 is 0 Å². The van der Waals surface area contributed by atoms with Gasteiger partial charge in [-0.2, -0.15) is 0 Å². The fourth-order valence-corrected chi connectivity index (χ4v) is 1.68. The van der Waals surface area contributed by atoms with E-state index in [9.17, 15) is 0 Å². The number of hydrogen-bond donors (Lipinski definition) is 1. The highest BCUT2D eigenvalue weighted by atomic mass is 14.7. The van der Waals surface area contributed by atoms with Crippen molar-refractivity contribution >= 4 is 10.9 Å². The van der Waals surface area contributed by atoms with E-state index in [1.54, 1.807) is 0 Å². The predicted molar refractivity (Wildman–Crippen MR) is 56.6 cm³/mol. The summed E-state index contributed by atoms with van der Waals surface area (Å²) in [6.45, 7) is 3.86. The topological polar surface area (TPSA) is 15.8 Å². The molecule has 1 radical (unpaired) electrons. The molecule has 0 saturated heterocycles. The summed E-state index contributed by atoms with van der Waals surface area (Å²) in [5.41, 5.74) is 2.67. The lowest BCUT2D eigenvalue weighted by molar-refractivity contribution is 0.846. The lowest BCUT2D eigenvalue weighted by atomic mass is 10.0. The minimum absolute atomic E-state index is 1.01. The van der Waals surface area contributed by atoms with E-state index in [2.05, 4.69) is 36.2 Å². The third kappa shape index (κ3) is 1.59. The lowest BCUT2D eigenvalue weighted by Gasteiger charge is -2.01. The van der Waals surface area contributed by atoms with Crippen LogP contribution >= 0.6 is 0 Å². The van der Waals surface area contributed by atoms with E-state index in [0.717, 1.165) is 12.8 Å². The molecular formula is C12H14N. The van der Waals surface area contributed by atoms with E-state index in [-0.39, 0.29) is 0 Å². The molecule has 1 N–H and O–H groups in total. The van der Waals surface area contributed by atoms with Gasteiger partial charge in [0.25, 0.3) is 0 Å². The summed E-state index contributed by atoms with van der Waals surface area (Å²) in [6.07, 6.45) is 5.32. The monoisotopic (exact) mass is 172 g/mol. The number of H-pyrrole nitrogens is 1. The van der Waals surface area contributed by atoms with Gasteiger partial charge in [-0.1, -0.05) is 25.5 Å². The summed E-state index contributed by atoms with van der Waals surface area (Å²) in [5.74, 6) is 0. The van der Waals surface area contributed by atoms with Crippen LogP contribution in [0.2, 0.25) is 0 Å². The maximum absolute atomic E-state index is 3.86. The first-order chi connectivity index (χ1) is 6.42. The smallest absolute Gasteiger partial charge is 0.0456 e. The van der Waals surface area contributed by atoms with E-state index in [1.807, 2.05) is 6.20 Å². The van der Waals surface area contributed by atoms with Gasteiger partial charge in [0.05, 0.1) is 0 Å². The van der Waals surface area contributed by atoms with E-state index in [4.69, 9.17) is 0 Å². The Morgan fingerprint density at radius 1 is 1.23 bits per heavy atom. The van der Waals surface area contributed by atoms with Gasteiger partial charge in [0.2, 0.25) is 0 Å². The van der Waals surface area contributed by atoms with Crippen LogP contribution in [0.1, 0.15) is 18.4 Å². The third-order valence-electron chi connectivity index (χ3n) is 2.38. The first-order valence-electron chi connectivity index (χ1n) is 4.76. The summed E-state index contributed by atoms with van der Waals surface area (Å²) in [5, 5.41) is 1.36. The number of aryl methyl sites for hydroxylation is 1. The highest BCUT2D eigenvalue weighted by molar-refractivity contribution is 5.82. The van der Waals surface area contributed by atoms with Crippen molar-refractivity contribution < 1.29 is 0 Å². The molecule has 0 spiro atoms. The molecule has 1 heteroatoms. The Kier molecular flexibility index (Phi) is 2.35. The molecule has 1 nitrogen and oxygen atoms in total. The van der Waals surface area contributed by atoms with Crippen LogP contribution in [-0.2, 0) is 6.42 Å². The molecule has 2 aromatic rings. The van der Waals surface area contributed by atoms with Crippen LogP contribution in [0.15, 0.2) is 30.5 Å². The Bertz CT molecular complexity index is 387. The summed E-state index contributed by atoms with van der Waals surface area (Å²) in [4.78, 5) is 3.22. The van der Waals surface area contributed by atoms with Gasteiger partial charge in [-0.3, -0.25) is 0 Å². The molecule has 1 heterocycles. The first-order valence-corrected chi connectivity index (χ1v) is 4.76. The second-order valence-electron chi connectivity index (χ2n) is 3.31. The molecule has 0 aliphatic heterocycles. The zero-order valence-corrected chi connectivity index (χ0v) is 7.72. The van der Waals surface area contributed by atoms with Crippen LogP contribution in [0.25, 0.3) is 10.9 Å². The summed E-state index contributed by atoms with van der Waals surface area (Å²) < 4.78 is 0. The molecule has 0 amide bonds. The van der Waals surface area contributed by atoms with Crippen molar-refractivity contribution in [1.29, 1.82) is 0 Å². The number of unbranched alkanes of at least 4 members (excludes halogenated alkanes) is 1. The molecule has 13 heavy (non-hydrogen) atoms. The summed E-state index contributed by atoms with van der Waals surface area (Å²) in [7, 11) is 0. The Morgan fingerprint density at radius 3 is 3.00 bits per heavy atom. The third-order valence-corrected chi connectivity index (χ3v) is 2.38. The number of aromatic amines is 1. The number of fused-ring (bicyclic) bond motifs is 1. The predicted octanol–water partition coefficient (Wildman–Crippen LogP) is 3.32. The van der Waals surface area contributed by atoms with Crippen molar-refractivity contribution in [2.75, 3.05) is 0 Å². The van der Waals surface area contributed by atoms with E-state index < -0.39 is 0 Å². The second-order valence-corrected chi connectivity index (χ2v) is 3.31. The maximum Gasteiger partial charge on any atom is 0.0456 e. The molecule has 0 aliphatic carbocycles. The van der Waals surface area contributed by atoms with Crippen molar-refractivity contribution in [1.82, 2.24) is 4.98 Å². The van der Waals surface area contributed by atoms with Crippen LogP contribution in [0, 0.1) is 6.92 Å². The zero-order valence-electron chi connectivity index (χ0n) is 7.72. The fourth-order valence-electron chi connectivity index (χ4n) is 1.68. The van der Waals surface area contributed by atoms with E-state index in [0.29, 0.717) is 0 Å². The number of rotatable bonds is 3. The van der Waals surface area contributed by atoms with Crippen LogP contribution in [0.5, 0.6) is 0 Å². The standard InChI is InChI=1S/C12H14N/c1-2-3-5-10-6-4-7-12-11(10)8-9-13-12/h4,6-9,13H,1-3,5H2. The second kappa shape index (κ2) is 3.65. The van der Waals surface area contributed by atoms with Gasteiger partial charge in [-0.25, -0.2) is 0 Å². The minimum atomic E-state index is 1.01. The van der Waals surface area contributed by atoms with Crippen LogP contribution in [0.3, 0.4) is 0 Å². The summed E-state index contributed by atoms with van der Waals surface area (Å²) in [6, 6.07) is 8.57. The lowest BCUT2D eigenvalue weighted by Crippen LogP contribution is -1.84. The Labute approximate surface area is 78.8 Å². The van der Waals surface area contributed by atoms with Gasteiger partial charge in [0.15, 0.2) is 0 Å². The molecule has 1 aromatic carbocycles. The Balaban J connectivity index is 2.37. The highest BCUT2D eigenvalue weighted by Gasteiger charge is 1.99. The Hall–Kier alpha value is -1.24. The molecule has 0 atom stereocenters. The largest absolute Gasteiger partial charge is 0.361 e. The van der Waals surface area contributed by atoms with Crippen molar-refractivity contribution in [3.05, 3.63) is 42.9 Å². The maximum atomic E-state index is 3.86. The average Bonchev–Trinajstić information content (AvgIpc) is 2.62. The van der Waals surface area contributed by atoms with Gasteiger partial charge in [-0.15, -0.1) is 0 Å². The average molecular weight is 172 g/mol. The molecule has 0 unspecified atom stereocenters. The number of hydrogen-bond acceptors (Lipinski definition) is 0. The van der Waals surface area contributed by atoms with Gasteiger partial charge < -0.3 is 4.98 Å². The van der Waals surface area contributed by atoms with Gasteiger partial charge in [-0.05, 0) is 30.5 Å². The molecular weight excluding hydrogens is 158 g/mol. The van der Waals surface area contributed by atoms with Crippen molar-refractivity contribution in [2.24, 2.45) is 0 Å². The van der Waals surface area contributed by atoms with Gasteiger partial charge in [0.1, 0.15) is 0 Å². The number of benzene rings is 1.